The van der Waals surface area contributed by atoms with Crippen LogP contribution in [0.25, 0.3) is 32.7 Å². The van der Waals surface area contributed by atoms with Gasteiger partial charge in [-0.3, -0.25) is 9.59 Å². The van der Waals surface area contributed by atoms with Crippen molar-refractivity contribution in [3.05, 3.63) is 144 Å². The van der Waals surface area contributed by atoms with Crippen molar-refractivity contribution >= 4 is 33.5 Å². The van der Waals surface area contributed by atoms with Crippen LogP contribution < -0.4 is 9.47 Å². The van der Waals surface area contributed by atoms with E-state index < -0.39 is 5.41 Å². The normalized spacial score (nSPS) is 13.0. The first kappa shape index (κ1) is 24.8. The van der Waals surface area contributed by atoms with E-state index in [0.717, 1.165) is 32.7 Å². The number of hydrogen-bond acceptors (Lipinski definition) is 4. The van der Waals surface area contributed by atoms with Crippen molar-refractivity contribution in [2.45, 2.75) is 19.3 Å². The molecule has 1 aliphatic carbocycles. The second-order valence-corrected chi connectivity index (χ2v) is 10.5. The summed E-state index contributed by atoms with van der Waals surface area (Å²) in [6.07, 6.45) is 0. The molecular weight excluding hydrogens is 508 g/mol. The highest BCUT2D eigenvalue weighted by molar-refractivity contribution is 5.92. The molecule has 0 spiro atoms. The van der Waals surface area contributed by atoms with E-state index in [0.29, 0.717) is 11.5 Å². The van der Waals surface area contributed by atoms with E-state index in [1.165, 1.54) is 36.1 Å². The van der Waals surface area contributed by atoms with Gasteiger partial charge in [0.05, 0.1) is 5.41 Å². The summed E-state index contributed by atoms with van der Waals surface area (Å²) >= 11 is 0. The Hall–Kier alpha value is -5.22. The van der Waals surface area contributed by atoms with E-state index in [1.807, 2.05) is 36.4 Å². The molecule has 198 valence electrons. The molecule has 4 nitrogen and oxygen atoms in total. The molecule has 0 amide bonds. The minimum Gasteiger partial charge on any atom is -0.427 e. The third-order valence-corrected chi connectivity index (χ3v) is 7.96. The van der Waals surface area contributed by atoms with Crippen LogP contribution in [0.15, 0.2) is 121 Å². The molecule has 41 heavy (non-hydrogen) atoms. The molecule has 0 aromatic heterocycles. The first-order chi connectivity index (χ1) is 19.9. The van der Waals surface area contributed by atoms with Crippen molar-refractivity contribution in [3.63, 3.8) is 0 Å². The van der Waals surface area contributed by atoms with Crippen molar-refractivity contribution in [2.75, 3.05) is 0 Å². The Balaban J connectivity index is 1.50. The summed E-state index contributed by atoms with van der Waals surface area (Å²) in [5.41, 5.74) is 6.65. The molecule has 1 aliphatic rings. The number of carbonyl (C=O) groups excluding carboxylic acids is 2. The molecule has 6 aromatic rings. The summed E-state index contributed by atoms with van der Waals surface area (Å²) in [5, 5.41) is 4.12. The van der Waals surface area contributed by atoms with E-state index in [4.69, 9.17) is 9.47 Å². The molecule has 7 rings (SSSR count). The van der Waals surface area contributed by atoms with Gasteiger partial charge in [0.15, 0.2) is 0 Å². The quantitative estimate of drug-likeness (QED) is 0.169. The van der Waals surface area contributed by atoms with Gasteiger partial charge in [0, 0.05) is 13.8 Å². The second kappa shape index (κ2) is 9.46. The van der Waals surface area contributed by atoms with Gasteiger partial charge in [0.25, 0.3) is 0 Å². The van der Waals surface area contributed by atoms with Gasteiger partial charge in [-0.25, -0.2) is 0 Å². The Labute approximate surface area is 237 Å². The van der Waals surface area contributed by atoms with E-state index in [1.54, 1.807) is 0 Å². The smallest absolute Gasteiger partial charge is 0.308 e. The van der Waals surface area contributed by atoms with Crippen LogP contribution in [0.2, 0.25) is 0 Å². The number of rotatable bonds is 4. The van der Waals surface area contributed by atoms with Crippen LogP contribution in [0.4, 0.5) is 0 Å². The monoisotopic (exact) mass is 534 g/mol. The number of hydrogen-bond donors (Lipinski definition) is 0. The molecule has 0 heterocycles. The molecule has 0 saturated carbocycles. The fraction of sp³-hybridized carbons (Fsp3) is 0.0811. The molecule has 0 atom stereocenters. The van der Waals surface area contributed by atoms with E-state index in [2.05, 4.69) is 84.9 Å². The van der Waals surface area contributed by atoms with Gasteiger partial charge in [-0.2, -0.15) is 0 Å². The second-order valence-electron chi connectivity index (χ2n) is 10.5. The summed E-state index contributed by atoms with van der Waals surface area (Å²) in [6, 6.07) is 41.9. The molecular formula is C37H26O4. The molecule has 6 aromatic carbocycles. The summed E-state index contributed by atoms with van der Waals surface area (Å²) in [5.74, 6) is 0.393. The maximum Gasteiger partial charge on any atom is 0.308 e. The first-order valence-electron chi connectivity index (χ1n) is 13.6. The van der Waals surface area contributed by atoms with Gasteiger partial charge >= 0.3 is 11.9 Å². The molecule has 0 radical (unpaired) electrons. The van der Waals surface area contributed by atoms with E-state index in [9.17, 15) is 9.59 Å². The Morgan fingerprint density at radius 2 is 0.878 bits per heavy atom. The predicted molar refractivity (Wildman–Crippen MR) is 161 cm³/mol. The van der Waals surface area contributed by atoms with Gasteiger partial charge < -0.3 is 9.47 Å². The van der Waals surface area contributed by atoms with Crippen LogP contribution in [0, 0.1) is 0 Å². The van der Waals surface area contributed by atoms with Crippen molar-refractivity contribution < 1.29 is 19.1 Å². The van der Waals surface area contributed by atoms with Crippen molar-refractivity contribution in [3.8, 4) is 22.6 Å². The van der Waals surface area contributed by atoms with E-state index in [-0.39, 0.29) is 11.9 Å². The fourth-order valence-electron chi connectivity index (χ4n) is 6.40. The summed E-state index contributed by atoms with van der Waals surface area (Å²) < 4.78 is 10.7. The van der Waals surface area contributed by atoms with Crippen molar-refractivity contribution in [2.24, 2.45) is 0 Å². The van der Waals surface area contributed by atoms with Crippen LogP contribution in [0.5, 0.6) is 11.5 Å². The Kier molecular flexibility index (Phi) is 5.72. The predicted octanol–water partition coefficient (Wildman–Crippen LogP) is 8.21. The Morgan fingerprint density at radius 1 is 0.488 bits per heavy atom. The van der Waals surface area contributed by atoms with Crippen LogP contribution >= 0.6 is 0 Å². The standard InChI is InChI=1S/C37H26O4/c1-23(38)40-31-17-13-25-19-29(15-11-27(25)21-31)37(35-9-5-3-7-33(35)34-8-4-6-10-36(34)37)30-16-12-28-22-32(41-24(2)39)18-14-26(28)20-30/h3-22H,1-2H3. The molecule has 4 heteroatoms. The maximum atomic E-state index is 11.5. The Morgan fingerprint density at radius 3 is 1.32 bits per heavy atom. The lowest BCUT2D eigenvalue weighted by atomic mass is 9.67. The lowest BCUT2D eigenvalue weighted by Gasteiger charge is -2.34. The third-order valence-electron chi connectivity index (χ3n) is 7.96. The minimum absolute atomic E-state index is 0.338. The number of benzene rings is 6. The third kappa shape index (κ3) is 3.99. The highest BCUT2D eigenvalue weighted by Gasteiger charge is 2.46. The summed E-state index contributed by atoms with van der Waals surface area (Å²) in [4.78, 5) is 23.0. The molecule has 0 aliphatic heterocycles. The summed E-state index contributed by atoms with van der Waals surface area (Å²) in [7, 11) is 0. The van der Waals surface area contributed by atoms with Gasteiger partial charge in [-0.1, -0.05) is 84.9 Å². The zero-order valence-electron chi connectivity index (χ0n) is 22.7. The average molecular weight is 535 g/mol. The van der Waals surface area contributed by atoms with Gasteiger partial charge in [-0.05, 0) is 91.3 Å². The number of carbonyl (C=O) groups is 2. The van der Waals surface area contributed by atoms with E-state index >= 15 is 0 Å². The number of fused-ring (bicyclic) bond motifs is 5. The van der Waals surface area contributed by atoms with Crippen LogP contribution in [0.1, 0.15) is 36.1 Å². The molecule has 0 unspecified atom stereocenters. The minimum atomic E-state index is -0.557. The lowest BCUT2D eigenvalue weighted by molar-refractivity contribution is -0.132. The largest absolute Gasteiger partial charge is 0.427 e. The maximum absolute atomic E-state index is 11.5. The number of esters is 2. The average Bonchev–Trinajstić information content (AvgIpc) is 3.27. The lowest BCUT2D eigenvalue weighted by Crippen LogP contribution is -2.28. The van der Waals surface area contributed by atoms with Gasteiger partial charge in [0.2, 0.25) is 0 Å². The fourth-order valence-corrected chi connectivity index (χ4v) is 6.40. The van der Waals surface area contributed by atoms with Crippen LogP contribution in [-0.4, -0.2) is 11.9 Å². The number of ether oxygens (including phenoxy) is 2. The molecule has 0 fully saturated rings. The zero-order valence-corrected chi connectivity index (χ0v) is 22.7. The molecule has 0 bridgehead atoms. The SMILES string of the molecule is CC(=O)Oc1ccc2cc(C3(c4ccc5cc(OC(C)=O)ccc5c4)c4ccccc4-c4ccccc43)ccc2c1. The molecule has 0 saturated heterocycles. The summed E-state index contributed by atoms with van der Waals surface area (Å²) in [6.45, 7) is 2.82. The van der Waals surface area contributed by atoms with Crippen LogP contribution in [-0.2, 0) is 15.0 Å². The zero-order chi connectivity index (χ0) is 28.1. The Bertz CT molecular complexity index is 1870. The highest BCUT2D eigenvalue weighted by atomic mass is 16.5. The molecule has 0 N–H and O–H groups in total. The van der Waals surface area contributed by atoms with Crippen LogP contribution in [0.3, 0.4) is 0 Å². The van der Waals surface area contributed by atoms with Crippen molar-refractivity contribution in [1.82, 2.24) is 0 Å². The first-order valence-corrected chi connectivity index (χ1v) is 13.6. The van der Waals surface area contributed by atoms with Gasteiger partial charge in [0.1, 0.15) is 11.5 Å². The van der Waals surface area contributed by atoms with Gasteiger partial charge in [-0.15, -0.1) is 0 Å². The topological polar surface area (TPSA) is 52.6 Å². The highest BCUT2D eigenvalue weighted by Crippen LogP contribution is 2.56. The van der Waals surface area contributed by atoms with Crippen molar-refractivity contribution in [1.29, 1.82) is 0 Å².